The SMILES string of the molecule is CC.CCC(=O)Nc1cc(CNC(=O)c2ncnc3c(C(=O)N4CC5CC4CN5)c[nH]c23)ccc1C. The van der Waals surface area contributed by atoms with Crippen molar-refractivity contribution in [3.8, 4) is 0 Å². The molecule has 1 aromatic carbocycles. The Hall–Kier alpha value is -3.79. The molecule has 2 bridgehead atoms. The lowest BCUT2D eigenvalue weighted by molar-refractivity contribution is -0.115. The molecule has 2 aromatic heterocycles. The van der Waals surface area contributed by atoms with Gasteiger partial charge in [-0.3, -0.25) is 14.4 Å². The average Bonchev–Trinajstić information content (AvgIpc) is 3.65. The van der Waals surface area contributed by atoms with Crippen molar-refractivity contribution in [3.05, 3.63) is 53.1 Å². The Labute approximate surface area is 210 Å². The molecule has 2 aliphatic heterocycles. The molecule has 2 unspecified atom stereocenters. The van der Waals surface area contributed by atoms with Crippen molar-refractivity contribution in [3.63, 3.8) is 0 Å². The van der Waals surface area contributed by atoms with E-state index in [4.69, 9.17) is 0 Å². The quantitative estimate of drug-likeness (QED) is 0.419. The first-order valence-corrected chi connectivity index (χ1v) is 12.5. The van der Waals surface area contributed by atoms with Gasteiger partial charge in [-0.2, -0.15) is 0 Å². The number of carbonyl (C=O) groups excluding carboxylic acids is 3. The molecule has 2 aliphatic rings. The van der Waals surface area contributed by atoms with Crippen molar-refractivity contribution in [1.82, 2.24) is 30.5 Å². The first-order chi connectivity index (χ1) is 17.4. The molecule has 36 heavy (non-hydrogen) atoms. The number of aromatic amines is 1. The third-order valence-electron chi connectivity index (χ3n) is 6.58. The van der Waals surface area contributed by atoms with Gasteiger partial charge in [0.25, 0.3) is 11.8 Å². The van der Waals surface area contributed by atoms with Crippen molar-refractivity contribution in [2.75, 3.05) is 18.4 Å². The van der Waals surface area contributed by atoms with Crippen molar-refractivity contribution >= 4 is 34.4 Å². The van der Waals surface area contributed by atoms with E-state index in [0.717, 1.165) is 29.8 Å². The fraction of sp³-hybridized carbons (Fsp3) is 0.423. The van der Waals surface area contributed by atoms with Crippen LogP contribution >= 0.6 is 0 Å². The summed E-state index contributed by atoms with van der Waals surface area (Å²) in [6.45, 7) is 9.47. The number of benzene rings is 1. The highest BCUT2D eigenvalue weighted by Gasteiger charge is 2.41. The Kier molecular flexibility index (Phi) is 7.64. The number of fused-ring (bicyclic) bond motifs is 3. The van der Waals surface area contributed by atoms with Crippen LogP contribution < -0.4 is 16.0 Å². The molecule has 5 rings (SSSR count). The van der Waals surface area contributed by atoms with E-state index < -0.39 is 0 Å². The Morgan fingerprint density at radius 2 is 2.00 bits per heavy atom. The molecule has 4 heterocycles. The summed E-state index contributed by atoms with van der Waals surface area (Å²) in [5.74, 6) is -0.521. The number of nitrogens with zero attached hydrogens (tertiary/aromatic N) is 3. The lowest BCUT2D eigenvalue weighted by Crippen LogP contribution is -2.46. The number of carbonyl (C=O) groups is 3. The molecular formula is C26H33N7O3. The zero-order valence-corrected chi connectivity index (χ0v) is 21.1. The van der Waals surface area contributed by atoms with Gasteiger partial charge >= 0.3 is 0 Å². The number of amides is 3. The summed E-state index contributed by atoms with van der Waals surface area (Å²) in [7, 11) is 0. The molecule has 10 nitrogen and oxygen atoms in total. The number of aromatic nitrogens is 3. The molecule has 4 N–H and O–H groups in total. The second kappa shape index (κ2) is 10.9. The van der Waals surface area contributed by atoms with Crippen LogP contribution in [-0.4, -0.2) is 62.7 Å². The summed E-state index contributed by atoms with van der Waals surface area (Å²) in [6.07, 6.45) is 4.28. The van der Waals surface area contributed by atoms with Crippen molar-refractivity contribution in [1.29, 1.82) is 0 Å². The monoisotopic (exact) mass is 491 g/mol. The van der Waals surface area contributed by atoms with E-state index in [1.165, 1.54) is 6.33 Å². The summed E-state index contributed by atoms with van der Waals surface area (Å²) < 4.78 is 0. The lowest BCUT2D eigenvalue weighted by Gasteiger charge is -2.27. The van der Waals surface area contributed by atoms with Crippen molar-refractivity contribution < 1.29 is 14.4 Å². The summed E-state index contributed by atoms with van der Waals surface area (Å²) in [5, 5.41) is 9.14. The average molecular weight is 492 g/mol. The Morgan fingerprint density at radius 1 is 1.19 bits per heavy atom. The summed E-state index contributed by atoms with van der Waals surface area (Å²) >= 11 is 0. The van der Waals surface area contributed by atoms with E-state index in [1.54, 1.807) is 13.1 Å². The molecule has 0 spiro atoms. The van der Waals surface area contributed by atoms with Crippen LogP contribution in [0.2, 0.25) is 0 Å². The number of H-pyrrole nitrogens is 1. The predicted molar refractivity (Wildman–Crippen MR) is 138 cm³/mol. The summed E-state index contributed by atoms with van der Waals surface area (Å²) in [6, 6.07) is 6.21. The Bertz CT molecular complexity index is 1290. The number of hydrogen-bond donors (Lipinski definition) is 4. The molecule has 2 fully saturated rings. The smallest absolute Gasteiger partial charge is 0.272 e. The van der Waals surface area contributed by atoms with Gasteiger partial charge in [-0.1, -0.05) is 32.9 Å². The second-order valence-corrected chi connectivity index (χ2v) is 8.83. The molecule has 190 valence electrons. The van der Waals surface area contributed by atoms with Gasteiger partial charge in [-0.05, 0) is 30.5 Å². The second-order valence-electron chi connectivity index (χ2n) is 8.83. The van der Waals surface area contributed by atoms with Crippen LogP contribution in [0.3, 0.4) is 0 Å². The predicted octanol–water partition coefficient (Wildman–Crippen LogP) is 2.76. The van der Waals surface area contributed by atoms with E-state index in [-0.39, 0.29) is 36.0 Å². The third-order valence-corrected chi connectivity index (χ3v) is 6.58. The Morgan fingerprint density at radius 3 is 2.69 bits per heavy atom. The molecule has 0 radical (unpaired) electrons. The molecular weight excluding hydrogens is 458 g/mol. The molecule has 2 saturated heterocycles. The van der Waals surface area contributed by atoms with Gasteiger partial charge in [0.15, 0.2) is 5.69 Å². The Balaban J connectivity index is 0.00000148. The van der Waals surface area contributed by atoms with Crippen LogP contribution in [0, 0.1) is 6.92 Å². The largest absolute Gasteiger partial charge is 0.357 e. The first-order valence-electron chi connectivity index (χ1n) is 12.5. The van der Waals surface area contributed by atoms with Gasteiger partial charge in [0, 0.05) is 50.0 Å². The minimum atomic E-state index is -0.377. The molecule has 0 saturated carbocycles. The van der Waals surface area contributed by atoms with Gasteiger partial charge < -0.3 is 25.8 Å². The van der Waals surface area contributed by atoms with Gasteiger partial charge in [-0.25, -0.2) is 9.97 Å². The highest BCUT2D eigenvalue weighted by atomic mass is 16.2. The minimum absolute atomic E-state index is 0.0669. The normalized spacial score (nSPS) is 18.1. The zero-order chi connectivity index (χ0) is 25.8. The van der Waals surface area contributed by atoms with Crippen LogP contribution in [0.5, 0.6) is 0 Å². The van der Waals surface area contributed by atoms with E-state index >= 15 is 0 Å². The number of anilines is 1. The fourth-order valence-corrected chi connectivity index (χ4v) is 4.66. The van der Waals surface area contributed by atoms with Crippen LogP contribution in [-0.2, 0) is 11.3 Å². The highest BCUT2D eigenvalue weighted by molar-refractivity contribution is 6.10. The lowest BCUT2D eigenvalue weighted by atomic mass is 10.1. The summed E-state index contributed by atoms with van der Waals surface area (Å²) in [4.78, 5) is 51.2. The van der Waals surface area contributed by atoms with Crippen LogP contribution in [0.15, 0.2) is 30.7 Å². The van der Waals surface area contributed by atoms with E-state index in [0.29, 0.717) is 35.6 Å². The topological polar surface area (TPSA) is 132 Å². The van der Waals surface area contributed by atoms with Crippen LogP contribution in [0.4, 0.5) is 5.69 Å². The fourth-order valence-electron chi connectivity index (χ4n) is 4.66. The molecule has 3 amide bonds. The number of piperazine rings is 1. The van der Waals surface area contributed by atoms with Crippen LogP contribution in [0.25, 0.3) is 11.0 Å². The number of likely N-dealkylation sites (tertiary alicyclic amines) is 1. The maximum atomic E-state index is 13.1. The first kappa shape index (κ1) is 25.3. The highest BCUT2D eigenvalue weighted by Crippen LogP contribution is 2.27. The number of aryl methyl sites for hydroxylation is 1. The molecule has 0 aliphatic carbocycles. The number of nitrogens with one attached hydrogen (secondary N) is 4. The van der Waals surface area contributed by atoms with Gasteiger partial charge in [-0.15, -0.1) is 0 Å². The molecule has 2 atom stereocenters. The number of rotatable bonds is 6. The summed E-state index contributed by atoms with van der Waals surface area (Å²) in [5.41, 5.74) is 4.03. The van der Waals surface area contributed by atoms with E-state index in [2.05, 4.69) is 30.9 Å². The molecule has 3 aromatic rings. The third kappa shape index (κ3) is 4.94. The standard InChI is InChI=1S/C24H27N7O3.C2H6/c1-3-19(32)30-18-6-14(5-4-13(18)2)8-27-23(33)22-21-20(28-12-29-22)17(10-26-21)24(34)31-11-15-7-16(31)9-25-15;1-2/h4-6,10,12,15-16,25-26H,3,7-9,11H2,1-2H3,(H,27,33)(H,30,32);1-2H3. The van der Waals surface area contributed by atoms with Crippen molar-refractivity contribution in [2.24, 2.45) is 0 Å². The zero-order valence-electron chi connectivity index (χ0n) is 21.1. The van der Waals surface area contributed by atoms with Gasteiger partial charge in [0.05, 0.1) is 11.1 Å². The molecule has 10 heteroatoms. The maximum absolute atomic E-state index is 13.1. The van der Waals surface area contributed by atoms with E-state index in [1.807, 2.05) is 43.9 Å². The van der Waals surface area contributed by atoms with Gasteiger partial charge in [0.2, 0.25) is 5.91 Å². The maximum Gasteiger partial charge on any atom is 0.272 e. The van der Waals surface area contributed by atoms with Gasteiger partial charge in [0.1, 0.15) is 11.8 Å². The van der Waals surface area contributed by atoms with Crippen LogP contribution in [0.1, 0.15) is 65.6 Å². The van der Waals surface area contributed by atoms with Crippen molar-refractivity contribution in [2.45, 2.75) is 59.2 Å². The number of hydrogen-bond acceptors (Lipinski definition) is 6. The van der Waals surface area contributed by atoms with E-state index in [9.17, 15) is 14.4 Å². The minimum Gasteiger partial charge on any atom is -0.357 e.